The van der Waals surface area contributed by atoms with Crippen LogP contribution in [0, 0.1) is 0 Å². The van der Waals surface area contributed by atoms with Crippen molar-refractivity contribution < 1.29 is 14.6 Å². The smallest absolute Gasteiger partial charge is 0.410 e. The second-order valence-corrected chi connectivity index (χ2v) is 8.18. The number of hydrogen-bond donors (Lipinski definition) is 1. The van der Waals surface area contributed by atoms with Gasteiger partial charge in [0, 0.05) is 31.8 Å². The van der Waals surface area contributed by atoms with Crippen LogP contribution in [-0.4, -0.2) is 57.9 Å². The summed E-state index contributed by atoms with van der Waals surface area (Å²) in [5.74, 6) is 0. The second kappa shape index (κ2) is 7.34. The minimum atomic E-state index is -0.482. The molecule has 2 fully saturated rings. The molecule has 0 spiro atoms. The molecule has 3 atom stereocenters. The highest BCUT2D eigenvalue weighted by Gasteiger charge is 2.49. The highest BCUT2D eigenvalue weighted by molar-refractivity contribution is 5.70. The molecular weight excluding hydrogens is 316 g/mol. The van der Waals surface area contributed by atoms with Crippen molar-refractivity contribution in [1.29, 1.82) is 0 Å². The first-order chi connectivity index (χ1) is 11.9. The third-order valence-electron chi connectivity index (χ3n) is 5.16. The lowest BCUT2D eigenvalue weighted by Crippen LogP contribution is -2.61. The Morgan fingerprint density at radius 1 is 1.24 bits per heavy atom. The summed E-state index contributed by atoms with van der Waals surface area (Å²) < 4.78 is 5.64. The molecule has 2 saturated heterocycles. The Kier molecular flexibility index (Phi) is 5.35. The van der Waals surface area contributed by atoms with E-state index in [1.165, 1.54) is 5.56 Å². The van der Waals surface area contributed by atoms with Crippen LogP contribution in [0.4, 0.5) is 4.79 Å². The van der Waals surface area contributed by atoms with Gasteiger partial charge >= 0.3 is 6.09 Å². The standard InChI is InChI=1S/C20H30N2O3/c1-20(2,3)25-19(24)22-16-9-10-18(22)17(11-12-23)21(14-16)13-15-7-5-4-6-8-15/h4-8,16-18,23H,9-14H2,1-3H3/t16-,17+,18+/m1/s1. The second-order valence-electron chi connectivity index (χ2n) is 8.18. The highest BCUT2D eigenvalue weighted by Crippen LogP contribution is 2.37. The Hall–Kier alpha value is -1.59. The maximum Gasteiger partial charge on any atom is 0.410 e. The zero-order valence-electron chi connectivity index (χ0n) is 15.5. The molecule has 1 N–H and O–H groups in total. The van der Waals surface area contributed by atoms with Crippen molar-refractivity contribution in [2.24, 2.45) is 0 Å². The fraction of sp³-hybridized carbons (Fsp3) is 0.650. The number of hydrogen-bond acceptors (Lipinski definition) is 4. The van der Waals surface area contributed by atoms with Crippen molar-refractivity contribution in [3.8, 4) is 0 Å². The van der Waals surface area contributed by atoms with Crippen LogP contribution in [0.15, 0.2) is 30.3 Å². The molecule has 3 rings (SSSR count). The van der Waals surface area contributed by atoms with E-state index in [0.717, 1.165) is 25.9 Å². The van der Waals surface area contributed by atoms with Gasteiger partial charge in [-0.25, -0.2) is 4.79 Å². The summed E-state index contributed by atoms with van der Waals surface area (Å²) in [5.41, 5.74) is 0.792. The van der Waals surface area contributed by atoms with Crippen LogP contribution in [-0.2, 0) is 11.3 Å². The molecule has 1 aromatic carbocycles. The van der Waals surface area contributed by atoms with Crippen LogP contribution in [0.2, 0.25) is 0 Å². The molecule has 0 unspecified atom stereocenters. The van der Waals surface area contributed by atoms with Gasteiger partial charge in [0.1, 0.15) is 5.60 Å². The van der Waals surface area contributed by atoms with Crippen LogP contribution in [0.25, 0.3) is 0 Å². The number of benzene rings is 1. The van der Waals surface area contributed by atoms with Gasteiger partial charge in [0.15, 0.2) is 0 Å². The third kappa shape index (κ3) is 4.15. The van der Waals surface area contributed by atoms with Crippen molar-refractivity contribution in [2.75, 3.05) is 13.2 Å². The first-order valence-electron chi connectivity index (χ1n) is 9.29. The van der Waals surface area contributed by atoms with Gasteiger partial charge in [-0.05, 0) is 45.6 Å². The number of carbonyl (C=O) groups is 1. The lowest BCUT2D eigenvalue weighted by atomic mass is 9.99. The fourth-order valence-corrected chi connectivity index (χ4v) is 4.22. The first-order valence-corrected chi connectivity index (χ1v) is 9.29. The molecule has 2 heterocycles. The molecule has 138 valence electrons. The quantitative estimate of drug-likeness (QED) is 0.910. The van der Waals surface area contributed by atoms with Crippen molar-refractivity contribution in [3.63, 3.8) is 0 Å². The highest BCUT2D eigenvalue weighted by atomic mass is 16.6. The molecule has 0 aliphatic carbocycles. The summed E-state index contributed by atoms with van der Waals surface area (Å²) in [7, 11) is 0. The predicted molar refractivity (Wildman–Crippen MR) is 97.2 cm³/mol. The summed E-state index contributed by atoms with van der Waals surface area (Å²) in [6.07, 6.45) is 2.47. The summed E-state index contributed by atoms with van der Waals surface area (Å²) in [5, 5.41) is 9.58. The Morgan fingerprint density at radius 2 is 1.96 bits per heavy atom. The average molecular weight is 346 g/mol. The molecular formula is C20H30N2O3. The van der Waals surface area contributed by atoms with E-state index in [9.17, 15) is 9.90 Å². The van der Waals surface area contributed by atoms with E-state index in [0.29, 0.717) is 6.42 Å². The normalized spacial score (nSPS) is 26.7. The van der Waals surface area contributed by atoms with Crippen molar-refractivity contribution in [3.05, 3.63) is 35.9 Å². The number of aliphatic hydroxyl groups is 1. The monoisotopic (exact) mass is 346 g/mol. The summed E-state index contributed by atoms with van der Waals surface area (Å²) in [6, 6.07) is 10.9. The van der Waals surface area contributed by atoms with Gasteiger partial charge in [0.05, 0.1) is 6.04 Å². The zero-order chi connectivity index (χ0) is 18.0. The molecule has 2 aliphatic heterocycles. The minimum absolute atomic E-state index is 0.129. The molecule has 0 saturated carbocycles. The molecule has 2 bridgehead atoms. The van der Waals surface area contributed by atoms with Crippen LogP contribution < -0.4 is 0 Å². The van der Waals surface area contributed by atoms with E-state index in [4.69, 9.17) is 4.74 Å². The summed E-state index contributed by atoms with van der Waals surface area (Å²) >= 11 is 0. The van der Waals surface area contributed by atoms with Gasteiger partial charge in [-0.15, -0.1) is 0 Å². The van der Waals surface area contributed by atoms with Crippen LogP contribution >= 0.6 is 0 Å². The number of aliphatic hydroxyl groups excluding tert-OH is 1. The van der Waals surface area contributed by atoms with Crippen LogP contribution in [0.3, 0.4) is 0 Å². The Balaban J connectivity index is 1.77. The van der Waals surface area contributed by atoms with Gasteiger partial charge in [-0.2, -0.15) is 0 Å². The van der Waals surface area contributed by atoms with Gasteiger partial charge in [-0.3, -0.25) is 9.80 Å². The molecule has 0 aromatic heterocycles. The molecule has 5 nitrogen and oxygen atoms in total. The van der Waals surface area contributed by atoms with E-state index in [-0.39, 0.29) is 30.8 Å². The minimum Gasteiger partial charge on any atom is -0.444 e. The maximum absolute atomic E-state index is 12.7. The van der Waals surface area contributed by atoms with E-state index < -0.39 is 5.60 Å². The number of piperazine rings is 1. The summed E-state index contributed by atoms with van der Waals surface area (Å²) in [6.45, 7) is 7.56. The summed E-state index contributed by atoms with van der Waals surface area (Å²) in [4.78, 5) is 17.1. The Labute approximate surface area is 150 Å². The lowest BCUT2D eigenvalue weighted by molar-refractivity contribution is -0.0286. The molecule has 1 amide bonds. The first kappa shape index (κ1) is 18.2. The molecule has 1 aromatic rings. The largest absolute Gasteiger partial charge is 0.444 e. The zero-order valence-corrected chi connectivity index (χ0v) is 15.5. The maximum atomic E-state index is 12.7. The molecule has 0 radical (unpaired) electrons. The molecule has 2 aliphatic rings. The van der Waals surface area contributed by atoms with Gasteiger partial charge in [-0.1, -0.05) is 30.3 Å². The van der Waals surface area contributed by atoms with Gasteiger partial charge in [0.25, 0.3) is 0 Å². The van der Waals surface area contributed by atoms with Crippen LogP contribution in [0.5, 0.6) is 0 Å². The van der Waals surface area contributed by atoms with Gasteiger partial charge < -0.3 is 9.84 Å². The Bertz CT molecular complexity index is 584. The SMILES string of the molecule is CC(C)(C)OC(=O)N1[C@@H]2CC[C@H]1[C@H](CCO)N(Cc1ccccc1)C2. The predicted octanol–water partition coefficient (Wildman–Crippen LogP) is 3.02. The van der Waals surface area contributed by atoms with Crippen molar-refractivity contribution >= 4 is 6.09 Å². The van der Waals surface area contributed by atoms with Crippen molar-refractivity contribution in [1.82, 2.24) is 9.80 Å². The average Bonchev–Trinajstić information content (AvgIpc) is 2.87. The number of nitrogens with zero attached hydrogens (tertiary/aromatic N) is 2. The Morgan fingerprint density at radius 3 is 2.60 bits per heavy atom. The van der Waals surface area contributed by atoms with E-state index in [2.05, 4.69) is 29.2 Å². The van der Waals surface area contributed by atoms with Crippen LogP contribution in [0.1, 0.15) is 45.6 Å². The number of fused-ring (bicyclic) bond motifs is 2. The topological polar surface area (TPSA) is 53.0 Å². The lowest BCUT2D eigenvalue weighted by Gasteiger charge is -2.47. The number of likely N-dealkylation sites (tertiary alicyclic amines) is 1. The number of rotatable bonds is 4. The number of carbonyl (C=O) groups excluding carboxylic acids is 1. The molecule has 25 heavy (non-hydrogen) atoms. The van der Waals surface area contributed by atoms with E-state index in [1.807, 2.05) is 31.7 Å². The van der Waals surface area contributed by atoms with E-state index >= 15 is 0 Å². The third-order valence-corrected chi connectivity index (χ3v) is 5.16. The number of amides is 1. The van der Waals surface area contributed by atoms with E-state index in [1.54, 1.807) is 0 Å². The van der Waals surface area contributed by atoms with Gasteiger partial charge in [0.2, 0.25) is 0 Å². The number of ether oxygens (including phenoxy) is 1. The molecule has 5 heteroatoms. The van der Waals surface area contributed by atoms with Crippen molar-refractivity contribution in [2.45, 2.75) is 70.3 Å². The fourth-order valence-electron chi connectivity index (χ4n) is 4.22.